The van der Waals surface area contributed by atoms with Crippen molar-refractivity contribution in [1.29, 1.82) is 0 Å². The molecule has 1 saturated heterocycles. The zero-order valence-electron chi connectivity index (χ0n) is 14.5. The highest BCUT2D eigenvalue weighted by atomic mass is 32.1. The molecule has 8 heteroatoms. The molecule has 1 amide bonds. The first-order valence-electron chi connectivity index (χ1n) is 8.36. The quantitative estimate of drug-likeness (QED) is 0.699. The summed E-state index contributed by atoms with van der Waals surface area (Å²) in [6, 6.07) is 6.97. The van der Waals surface area contributed by atoms with Crippen LogP contribution in [-0.2, 0) is 0 Å². The van der Waals surface area contributed by atoms with E-state index < -0.39 is 0 Å². The van der Waals surface area contributed by atoms with E-state index in [4.69, 9.17) is 9.15 Å². The SMILES string of the molecule is COc1cccc(C(=O)N2CCC[C@H]2c2nnc(-c3scnc3C)o2)c1. The number of amides is 1. The Hall–Kier alpha value is -2.74. The molecule has 0 N–H and O–H groups in total. The maximum Gasteiger partial charge on any atom is 0.259 e. The molecule has 0 unspecified atom stereocenters. The molecule has 3 heterocycles. The summed E-state index contributed by atoms with van der Waals surface area (Å²) in [6.45, 7) is 2.57. The number of hydrogen-bond donors (Lipinski definition) is 0. The van der Waals surface area contributed by atoms with E-state index in [-0.39, 0.29) is 11.9 Å². The van der Waals surface area contributed by atoms with Crippen molar-refractivity contribution in [3.8, 4) is 16.5 Å². The third-order valence-electron chi connectivity index (χ3n) is 4.50. The number of thiazole rings is 1. The normalized spacial score (nSPS) is 16.8. The van der Waals surface area contributed by atoms with E-state index in [1.165, 1.54) is 11.3 Å². The lowest BCUT2D eigenvalue weighted by Crippen LogP contribution is -2.30. The Morgan fingerprint density at radius 2 is 2.27 bits per heavy atom. The molecule has 7 nitrogen and oxygen atoms in total. The maximum atomic E-state index is 13.0. The molecule has 3 aromatic rings. The van der Waals surface area contributed by atoms with Gasteiger partial charge in [0.15, 0.2) is 0 Å². The van der Waals surface area contributed by atoms with Crippen molar-refractivity contribution < 1.29 is 13.9 Å². The zero-order valence-corrected chi connectivity index (χ0v) is 15.3. The summed E-state index contributed by atoms with van der Waals surface area (Å²) in [4.78, 5) is 19.8. The Morgan fingerprint density at radius 1 is 1.38 bits per heavy atom. The van der Waals surface area contributed by atoms with Crippen molar-refractivity contribution >= 4 is 17.2 Å². The molecule has 134 valence electrons. The minimum atomic E-state index is -0.205. The van der Waals surface area contributed by atoms with Gasteiger partial charge in [0.25, 0.3) is 11.8 Å². The van der Waals surface area contributed by atoms with Gasteiger partial charge in [-0.1, -0.05) is 6.07 Å². The third-order valence-corrected chi connectivity index (χ3v) is 5.41. The third kappa shape index (κ3) is 2.96. The molecule has 1 aliphatic rings. The van der Waals surface area contributed by atoms with E-state index in [9.17, 15) is 4.79 Å². The summed E-state index contributed by atoms with van der Waals surface area (Å²) < 4.78 is 11.1. The standard InChI is InChI=1S/C18H18N4O3S/c1-11-15(26-10-19-11)17-21-20-16(25-17)14-7-4-8-22(14)18(23)12-5-3-6-13(9-12)24-2/h3,5-6,9-10,14H,4,7-8H2,1-2H3/t14-/m0/s1. The number of methoxy groups -OCH3 is 1. The minimum absolute atomic E-state index is 0.0554. The summed E-state index contributed by atoms with van der Waals surface area (Å²) in [5.41, 5.74) is 3.21. The molecule has 0 radical (unpaired) electrons. The van der Waals surface area contributed by atoms with Crippen molar-refractivity contribution in [3.05, 3.63) is 46.9 Å². The molecule has 4 rings (SSSR count). The fourth-order valence-electron chi connectivity index (χ4n) is 3.16. The number of hydrogen-bond acceptors (Lipinski definition) is 7. The van der Waals surface area contributed by atoms with Gasteiger partial charge in [-0.2, -0.15) is 0 Å². The fraction of sp³-hybridized carbons (Fsp3) is 0.333. The molecule has 0 aliphatic carbocycles. The summed E-state index contributed by atoms with van der Waals surface area (Å²) in [7, 11) is 1.59. The van der Waals surface area contributed by atoms with Crippen molar-refractivity contribution in [2.45, 2.75) is 25.8 Å². The zero-order chi connectivity index (χ0) is 18.1. The van der Waals surface area contributed by atoms with Crippen LogP contribution < -0.4 is 4.74 Å². The Kier molecular flexibility index (Phi) is 4.42. The predicted molar refractivity (Wildman–Crippen MR) is 96.1 cm³/mol. The lowest BCUT2D eigenvalue weighted by atomic mass is 10.1. The van der Waals surface area contributed by atoms with Gasteiger partial charge in [0.1, 0.15) is 16.7 Å². The average Bonchev–Trinajstić information content (AvgIpc) is 3.40. The second kappa shape index (κ2) is 6.87. The molecule has 1 atom stereocenters. The molecule has 1 aliphatic heterocycles. The first-order valence-corrected chi connectivity index (χ1v) is 9.24. The Bertz CT molecular complexity index is 936. The van der Waals surface area contributed by atoms with Gasteiger partial charge in [-0.05, 0) is 38.0 Å². The molecular formula is C18H18N4O3S. The summed E-state index contributed by atoms with van der Waals surface area (Å²) in [5, 5.41) is 8.35. The second-order valence-corrected chi connectivity index (χ2v) is 6.96. The predicted octanol–water partition coefficient (Wildman–Crippen LogP) is 3.49. The van der Waals surface area contributed by atoms with Gasteiger partial charge in [0.2, 0.25) is 5.89 Å². The van der Waals surface area contributed by atoms with Crippen LogP contribution >= 0.6 is 11.3 Å². The molecule has 0 saturated carbocycles. The number of carbonyl (C=O) groups excluding carboxylic acids is 1. The average molecular weight is 370 g/mol. The highest BCUT2D eigenvalue weighted by Gasteiger charge is 2.34. The van der Waals surface area contributed by atoms with Gasteiger partial charge < -0.3 is 14.1 Å². The number of likely N-dealkylation sites (tertiary alicyclic amines) is 1. The molecular weight excluding hydrogens is 352 g/mol. The molecule has 26 heavy (non-hydrogen) atoms. The van der Waals surface area contributed by atoms with Gasteiger partial charge in [0, 0.05) is 12.1 Å². The number of aromatic nitrogens is 3. The van der Waals surface area contributed by atoms with Crippen molar-refractivity contribution in [2.75, 3.05) is 13.7 Å². The van der Waals surface area contributed by atoms with Crippen LogP contribution in [0.3, 0.4) is 0 Å². The van der Waals surface area contributed by atoms with Gasteiger partial charge >= 0.3 is 0 Å². The summed E-state index contributed by atoms with van der Waals surface area (Å²) >= 11 is 1.46. The number of rotatable bonds is 4. The topological polar surface area (TPSA) is 81.4 Å². The van der Waals surface area contributed by atoms with E-state index in [0.29, 0.717) is 29.6 Å². The monoisotopic (exact) mass is 370 g/mol. The van der Waals surface area contributed by atoms with Crippen molar-refractivity contribution in [2.24, 2.45) is 0 Å². The number of nitrogens with zero attached hydrogens (tertiary/aromatic N) is 4. The Labute approximate surface area is 154 Å². The lowest BCUT2D eigenvalue weighted by molar-refractivity contribution is 0.0715. The van der Waals surface area contributed by atoms with E-state index >= 15 is 0 Å². The molecule has 1 fully saturated rings. The second-order valence-electron chi connectivity index (χ2n) is 6.10. The molecule has 2 aromatic heterocycles. The fourth-order valence-corrected chi connectivity index (χ4v) is 3.88. The van der Waals surface area contributed by atoms with Crippen LogP contribution in [0, 0.1) is 6.92 Å². The van der Waals surface area contributed by atoms with Crippen molar-refractivity contribution in [1.82, 2.24) is 20.1 Å². The first kappa shape index (κ1) is 16.7. The summed E-state index contributed by atoms with van der Waals surface area (Å²) in [6.07, 6.45) is 1.71. The Morgan fingerprint density at radius 3 is 3.04 bits per heavy atom. The Balaban J connectivity index is 1.60. The van der Waals surface area contributed by atoms with Crippen LogP contribution in [-0.4, -0.2) is 39.6 Å². The van der Waals surface area contributed by atoms with Gasteiger partial charge in [-0.25, -0.2) is 4.98 Å². The minimum Gasteiger partial charge on any atom is -0.497 e. The maximum absolute atomic E-state index is 13.0. The molecule has 0 spiro atoms. The highest BCUT2D eigenvalue weighted by Crippen LogP contribution is 2.35. The van der Waals surface area contributed by atoms with Crippen LogP contribution in [0.15, 0.2) is 34.2 Å². The van der Waals surface area contributed by atoms with Gasteiger partial charge in [0.05, 0.1) is 18.3 Å². The highest BCUT2D eigenvalue weighted by molar-refractivity contribution is 7.13. The molecule has 0 bridgehead atoms. The molecule has 1 aromatic carbocycles. The van der Waals surface area contributed by atoms with E-state index in [0.717, 1.165) is 23.4 Å². The number of ether oxygens (including phenoxy) is 1. The van der Waals surface area contributed by atoms with Crippen LogP contribution in [0.25, 0.3) is 10.8 Å². The van der Waals surface area contributed by atoms with Gasteiger partial charge in [-0.3, -0.25) is 4.79 Å². The number of carbonyl (C=O) groups is 1. The van der Waals surface area contributed by atoms with E-state index in [1.807, 2.05) is 19.1 Å². The number of benzene rings is 1. The first-order chi connectivity index (χ1) is 12.7. The summed E-state index contributed by atoms with van der Waals surface area (Å²) in [5.74, 6) is 1.54. The van der Waals surface area contributed by atoms with Crippen LogP contribution in [0.4, 0.5) is 0 Å². The van der Waals surface area contributed by atoms with E-state index in [1.54, 1.807) is 29.7 Å². The van der Waals surface area contributed by atoms with E-state index in [2.05, 4.69) is 15.2 Å². The van der Waals surface area contributed by atoms with Crippen LogP contribution in [0.1, 0.15) is 40.8 Å². The lowest BCUT2D eigenvalue weighted by Gasteiger charge is -2.22. The van der Waals surface area contributed by atoms with Gasteiger partial charge in [-0.15, -0.1) is 21.5 Å². The smallest absolute Gasteiger partial charge is 0.259 e. The van der Waals surface area contributed by atoms with Crippen LogP contribution in [0.5, 0.6) is 5.75 Å². The van der Waals surface area contributed by atoms with Crippen LogP contribution in [0.2, 0.25) is 0 Å². The largest absolute Gasteiger partial charge is 0.497 e. The number of aryl methyl sites for hydroxylation is 1. The van der Waals surface area contributed by atoms with Crippen molar-refractivity contribution in [3.63, 3.8) is 0 Å².